The Hall–Kier alpha value is -2.38. The second-order valence-electron chi connectivity index (χ2n) is 11.3. The highest BCUT2D eigenvalue weighted by atomic mass is 28.3. The van der Waals surface area contributed by atoms with Gasteiger partial charge in [-0.05, 0) is 92.4 Å². The maximum Gasteiger partial charge on any atom is 0.0715 e. The summed E-state index contributed by atoms with van der Waals surface area (Å²) in [5.74, 6) is 0.651. The Labute approximate surface area is 200 Å². The van der Waals surface area contributed by atoms with E-state index < -0.39 is 8.07 Å². The number of hydrogen-bond donors (Lipinski definition) is 0. The highest BCUT2D eigenvalue weighted by Gasteiger charge is 2.45. The van der Waals surface area contributed by atoms with Crippen LogP contribution in [0.2, 0.25) is 13.1 Å². The van der Waals surface area contributed by atoms with Crippen molar-refractivity contribution in [3.8, 4) is 0 Å². The summed E-state index contributed by atoms with van der Waals surface area (Å²) in [4.78, 5) is 0. The smallest absolute Gasteiger partial charge is 0.0715 e. The predicted molar refractivity (Wildman–Crippen MR) is 146 cm³/mol. The summed E-state index contributed by atoms with van der Waals surface area (Å²) in [6.45, 7) is 10.1. The molecule has 3 unspecified atom stereocenters. The number of fused-ring (bicyclic) bond motifs is 5. The Morgan fingerprint density at radius 3 is 2.55 bits per heavy atom. The molecule has 0 radical (unpaired) electrons. The molecule has 0 spiro atoms. The average molecular weight is 449 g/mol. The average Bonchev–Trinajstić information content (AvgIpc) is 3.54. The number of rotatable bonds is 5. The molecular formula is C32H36Si. The molecule has 168 valence electrons. The molecule has 3 aromatic rings. The predicted octanol–water partition coefficient (Wildman–Crippen LogP) is 8.84. The van der Waals surface area contributed by atoms with Gasteiger partial charge in [0.2, 0.25) is 0 Å². The van der Waals surface area contributed by atoms with E-state index in [4.69, 9.17) is 0 Å². The fourth-order valence-electron chi connectivity index (χ4n) is 7.05. The zero-order valence-corrected chi connectivity index (χ0v) is 21.6. The van der Waals surface area contributed by atoms with Crippen LogP contribution in [-0.2, 0) is 12.8 Å². The van der Waals surface area contributed by atoms with Crippen LogP contribution >= 0.6 is 0 Å². The Kier molecular flexibility index (Phi) is 5.03. The molecule has 0 N–H and O–H groups in total. The molecule has 6 rings (SSSR count). The molecule has 3 atom stereocenters. The molecule has 0 fully saturated rings. The third-order valence-electron chi connectivity index (χ3n) is 8.91. The summed E-state index contributed by atoms with van der Waals surface area (Å²) in [6.07, 6.45) is 14.1. The summed E-state index contributed by atoms with van der Waals surface area (Å²) < 4.78 is 0. The second kappa shape index (κ2) is 7.84. The van der Waals surface area contributed by atoms with Crippen LogP contribution < -0.4 is 0 Å². The van der Waals surface area contributed by atoms with E-state index in [2.05, 4.69) is 93.7 Å². The monoisotopic (exact) mass is 448 g/mol. The standard InChI is InChI=1S/C32H36Si/c1-5-9-21(2)28-20-32(30-19-24-12-8-11-23(24)18-29(28)30)33(3,4)31-17-16-26-25-13-7-6-10-22(25)14-15-27(26)31/h6-7,10,13-21,31-32H,5,8-9,11-12H2,1-4H3. The van der Waals surface area contributed by atoms with Crippen LogP contribution in [-0.4, -0.2) is 8.07 Å². The molecule has 0 aliphatic heterocycles. The van der Waals surface area contributed by atoms with Crippen LogP contribution in [0.4, 0.5) is 0 Å². The van der Waals surface area contributed by atoms with Gasteiger partial charge in [0.05, 0.1) is 8.07 Å². The maximum absolute atomic E-state index is 2.74. The van der Waals surface area contributed by atoms with Gasteiger partial charge in [-0.15, -0.1) is 0 Å². The van der Waals surface area contributed by atoms with Gasteiger partial charge in [0, 0.05) is 0 Å². The molecule has 0 saturated carbocycles. The number of allylic oxidation sites excluding steroid dienone is 3. The van der Waals surface area contributed by atoms with Gasteiger partial charge in [0.1, 0.15) is 0 Å². The van der Waals surface area contributed by atoms with Crippen molar-refractivity contribution in [3.63, 3.8) is 0 Å². The first kappa shape index (κ1) is 21.2. The van der Waals surface area contributed by atoms with Gasteiger partial charge < -0.3 is 0 Å². The van der Waals surface area contributed by atoms with Crippen LogP contribution in [0.15, 0.2) is 60.7 Å². The van der Waals surface area contributed by atoms with Gasteiger partial charge in [-0.3, -0.25) is 0 Å². The normalized spacial score (nSPS) is 21.8. The molecule has 3 aromatic carbocycles. The van der Waals surface area contributed by atoms with E-state index in [-0.39, 0.29) is 0 Å². The highest BCUT2D eigenvalue weighted by molar-refractivity contribution is 6.81. The van der Waals surface area contributed by atoms with Crippen LogP contribution in [0.5, 0.6) is 0 Å². The lowest BCUT2D eigenvalue weighted by Gasteiger charge is -2.35. The Bertz CT molecular complexity index is 1310. The Morgan fingerprint density at radius 2 is 1.73 bits per heavy atom. The van der Waals surface area contributed by atoms with E-state index in [1.54, 1.807) is 33.4 Å². The van der Waals surface area contributed by atoms with Gasteiger partial charge in [-0.1, -0.05) is 100 Å². The van der Waals surface area contributed by atoms with Crippen LogP contribution in [0.1, 0.15) is 77.6 Å². The minimum Gasteiger partial charge on any atom is -0.0791 e. The lowest BCUT2D eigenvalue weighted by atomic mass is 9.90. The molecule has 0 bridgehead atoms. The minimum absolute atomic E-state index is 0.570. The summed E-state index contributed by atoms with van der Waals surface area (Å²) in [5.41, 5.74) is 12.4. The molecule has 3 aliphatic rings. The molecular weight excluding hydrogens is 412 g/mol. The first-order valence-electron chi connectivity index (χ1n) is 13.1. The second-order valence-corrected chi connectivity index (χ2v) is 16.2. The van der Waals surface area contributed by atoms with E-state index >= 15 is 0 Å². The zero-order valence-electron chi connectivity index (χ0n) is 20.6. The first-order chi connectivity index (χ1) is 16.0. The molecule has 33 heavy (non-hydrogen) atoms. The van der Waals surface area contributed by atoms with Crippen LogP contribution in [0.3, 0.4) is 0 Å². The van der Waals surface area contributed by atoms with Crippen LogP contribution in [0.25, 0.3) is 22.4 Å². The molecule has 0 heterocycles. The number of hydrogen-bond acceptors (Lipinski definition) is 0. The molecule has 0 saturated heterocycles. The quantitative estimate of drug-likeness (QED) is 0.342. The third-order valence-corrected chi connectivity index (χ3v) is 13.1. The minimum atomic E-state index is -1.73. The van der Waals surface area contributed by atoms with Gasteiger partial charge in [-0.2, -0.15) is 0 Å². The van der Waals surface area contributed by atoms with E-state index in [0.717, 1.165) is 0 Å². The van der Waals surface area contributed by atoms with Crippen molar-refractivity contribution in [1.29, 1.82) is 0 Å². The molecule has 3 aliphatic carbocycles. The zero-order chi connectivity index (χ0) is 22.7. The summed E-state index contributed by atoms with van der Waals surface area (Å²) in [5, 5.41) is 2.77. The van der Waals surface area contributed by atoms with Crippen molar-refractivity contribution in [2.75, 3.05) is 0 Å². The number of benzene rings is 3. The highest BCUT2D eigenvalue weighted by Crippen LogP contribution is 2.52. The van der Waals surface area contributed by atoms with Crippen molar-refractivity contribution < 1.29 is 0 Å². The Morgan fingerprint density at radius 1 is 0.939 bits per heavy atom. The van der Waals surface area contributed by atoms with Gasteiger partial charge in [-0.25, -0.2) is 0 Å². The van der Waals surface area contributed by atoms with E-state index in [1.165, 1.54) is 48.4 Å². The number of aryl methyl sites for hydroxylation is 2. The van der Waals surface area contributed by atoms with E-state index in [1.807, 2.05) is 0 Å². The SMILES string of the molecule is CCCC(C)C1=CC([Si](C)(C)C2C=Cc3c2ccc2ccccc32)c2cc3c(cc21)CCC3. The van der Waals surface area contributed by atoms with Gasteiger partial charge in [0.15, 0.2) is 0 Å². The van der Waals surface area contributed by atoms with Crippen molar-refractivity contribution in [2.24, 2.45) is 5.92 Å². The van der Waals surface area contributed by atoms with E-state index in [0.29, 0.717) is 17.0 Å². The topological polar surface area (TPSA) is 0 Å². The van der Waals surface area contributed by atoms with Gasteiger partial charge >= 0.3 is 0 Å². The Balaban J connectivity index is 1.46. The molecule has 0 amide bonds. The largest absolute Gasteiger partial charge is 0.0791 e. The summed E-state index contributed by atoms with van der Waals surface area (Å²) in [6, 6.07) is 18.9. The lowest BCUT2D eigenvalue weighted by molar-refractivity contribution is 0.650. The molecule has 1 heteroatoms. The molecule has 0 aromatic heterocycles. The maximum atomic E-state index is 2.74. The van der Waals surface area contributed by atoms with Crippen LogP contribution in [0, 0.1) is 5.92 Å². The third kappa shape index (κ3) is 3.23. The van der Waals surface area contributed by atoms with Crippen molar-refractivity contribution >= 4 is 30.5 Å². The summed E-state index contributed by atoms with van der Waals surface area (Å²) in [7, 11) is -1.73. The van der Waals surface area contributed by atoms with Gasteiger partial charge in [0.25, 0.3) is 0 Å². The van der Waals surface area contributed by atoms with Crippen molar-refractivity contribution in [1.82, 2.24) is 0 Å². The van der Waals surface area contributed by atoms with Crippen molar-refractivity contribution in [2.45, 2.75) is 70.1 Å². The lowest BCUT2D eigenvalue weighted by Crippen LogP contribution is -2.40. The summed E-state index contributed by atoms with van der Waals surface area (Å²) >= 11 is 0. The first-order valence-corrected chi connectivity index (χ1v) is 16.2. The van der Waals surface area contributed by atoms with E-state index in [9.17, 15) is 0 Å². The fraction of sp³-hybridized carbons (Fsp3) is 0.375. The fourth-order valence-corrected chi connectivity index (χ4v) is 10.7. The van der Waals surface area contributed by atoms with Crippen molar-refractivity contribution in [3.05, 3.63) is 94.1 Å². The molecule has 0 nitrogen and oxygen atoms in total.